The molecule has 0 saturated heterocycles. The summed E-state index contributed by atoms with van der Waals surface area (Å²) in [4.78, 5) is 15.0. The van der Waals surface area contributed by atoms with E-state index < -0.39 is 6.04 Å². The smallest absolute Gasteiger partial charge is 0.137 e. The molecule has 0 radical (unpaired) electrons. The first-order valence-electron chi connectivity index (χ1n) is 5.59. The van der Waals surface area contributed by atoms with Crippen LogP contribution in [0, 0.1) is 0 Å². The number of nitrogens with zero attached hydrogens (tertiary/aromatic N) is 1. The molecular formula is C13H18N2O2. The molecule has 0 aliphatic carbocycles. The van der Waals surface area contributed by atoms with E-state index in [2.05, 4.69) is 4.98 Å². The number of hydrogen-bond donors (Lipinski definition) is 1. The van der Waals surface area contributed by atoms with E-state index in [-0.39, 0.29) is 12.0 Å². The van der Waals surface area contributed by atoms with Crippen molar-refractivity contribution in [3.63, 3.8) is 0 Å². The zero-order valence-electron chi connectivity index (χ0n) is 10.1. The molecule has 0 saturated carbocycles. The van der Waals surface area contributed by atoms with Crippen LogP contribution in [0.4, 0.5) is 0 Å². The van der Waals surface area contributed by atoms with Crippen molar-refractivity contribution in [3.05, 3.63) is 42.4 Å². The van der Waals surface area contributed by atoms with Crippen LogP contribution in [0.1, 0.15) is 25.5 Å². The Labute approximate surface area is 101 Å². The Hall–Kier alpha value is -1.68. The second-order valence-corrected chi connectivity index (χ2v) is 4.01. The summed E-state index contributed by atoms with van der Waals surface area (Å²) in [5, 5.41) is 0. The molecule has 17 heavy (non-hydrogen) atoms. The normalized spacial score (nSPS) is 14.8. The first-order chi connectivity index (χ1) is 8.15. The molecule has 1 rings (SSSR count). The third kappa shape index (κ3) is 4.36. The number of carbonyl (C=O) groups excluding carboxylic acids is 1. The molecule has 0 bridgehead atoms. The van der Waals surface area contributed by atoms with Gasteiger partial charge < -0.3 is 15.3 Å². The lowest BCUT2D eigenvalue weighted by molar-refractivity contribution is -0.109. The Morgan fingerprint density at radius 1 is 1.41 bits per heavy atom. The lowest BCUT2D eigenvalue weighted by Crippen LogP contribution is -2.29. The highest BCUT2D eigenvalue weighted by Gasteiger charge is 2.17. The van der Waals surface area contributed by atoms with Crippen LogP contribution in [-0.4, -0.2) is 23.4 Å². The van der Waals surface area contributed by atoms with Crippen molar-refractivity contribution in [2.75, 3.05) is 0 Å². The molecule has 92 valence electrons. The van der Waals surface area contributed by atoms with Gasteiger partial charge in [-0.1, -0.05) is 6.07 Å². The van der Waals surface area contributed by atoms with Crippen LogP contribution in [0.15, 0.2) is 36.7 Å². The number of hydrogen-bond acceptors (Lipinski definition) is 4. The van der Waals surface area contributed by atoms with Crippen LogP contribution in [0.2, 0.25) is 0 Å². The SMILES string of the molecule is CC(C)OC=CC(c1ccccn1)C(N)C=O. The number of carbonyl (C=O) groups is 1. The van der Waals surface area contributed by atoms with Gasteiger partial charge in [0, 0.05) is 17.8 Å². The first-order valence-corrected chi connectivity index (χ1v) is 5.59. The molecule has 1 aromatic heterocycles. The third-order valence-electron chi connectivity index (χ3n) is 2.24. The van der Waals surface area contributed by atoms with Crippen molar-refractivity contribution in [2.45, 2.75) is 31.9 Å². The Balaban J connectivity index is 2.82. The number of ether oxygens (including phenoxy) is 1. The van der Waals surface area contributed by atoms with Crippen LogP contribution in [0.5, 0.6) is 0 Å². The maximum Gasteiger partial charge on any atom is 0.137 e. The number of aromatic nitrogens is 1. The molecule has 4 nitrogen and oxygen atoms in total. The molecule has 1 aromatic rings. The lowest BCUT2D eigenvalue weighted by Gasteiger charge is -2.15. The van der Waals surface area contributed by atoms with Gasteiger partial charge >= 0.3 is 0 Å². The van der Waals surface area contributed by atoms with Crippen molar-refractivity contribution in [3.8, 4) is 0 Å². The highest BCUT2D eigenvalue weighted by molar-refractivity contribution is 5.60. The van der Waals surface area contributed by atoms with E-state index in [0.717, 1.165) is 12.0 Å². The molecule has 0 fully saturated rings. The highest BCUT2D eigenvalue weighted by Crippen LogP contribution is 2.17. The van der Waals surface area contributed by atoms with Crippen LogP contribution >= 0.6 is 0 Å². The Morgan fingerprint density at radius 3 is 2.71 bits per heavy atom. The molecule has 2 unspecified atom stereocenters. The topological polar surface area (TPSA) is 65.2 Å². The molecule has 4 heteroatoms. The van der Waals surface area contributed by atoms with Gasteiger partial charge in [0.05, 0.1) is 18.4 Å². The maximum atomic E-state index is 10.8. The van der Waals surface area contributed by atoms with Gasteiger partial charge in [-0.15, -0.1) is 0 Å². The fourth-order valence-electron chi connectivity index (χ4n) is 1.37. The van der Waals surface area contributed by atoms with Crippen molar-refractivity contribution >= 4 is 6.29 Å². The summed E-state index contributed by atoms with van der Waals surface area (Å²) in [5.74, 6) is -0.257. The summed E-state index contributed by atoms with van der Waals surface area (Å²) in [5.41, 5.74) is 6.51. The monoisotopic (exact) mass is 234 g/mol. The fraction of sp³-hybridized carbons (Fsp3) is 0.385. The van der Waals surface area contributed by atoms with Gasteiger partial charge in [0.25, 0.3) is 0 Å². The Bertz CT molecular complexity index is 363. The maximum absolute atomic E-state index is 10.8. The van der Waals surface area contributed by atoms with E-state index in [1.165, 1.54) is 0 Å². The molecule has 0 aromatic carbocycles. The summed E-state index contributed by atoms with van der Waals surface area (Å²) >= 11 is 0. The van der Waals surface area contributed by atoms with Gasteiger partial charge in [-0.2, -0.15) is 0 Å². The largest absolute Gasteiger partial charge is 0.499 e. The van der Waals surface area contributed by atoms with Gasteiger partial charge in [-0.05, 0) is 32.1 Å². The summed E-state index contributed by atoms with van der Waals surface area (Å²) < 4.78 is 5.31. The van der Waals surface area contributed by atoms with Crippen molar-refractivity contribution in [2.24, 2.45) is 5.73 Å². The molecule has 2 N–H and O–H groups in total. The lowest BCUT2D eigenvalue weighted by atomic mass is 9.97. The highest BCUT2D eigenvalue weighted by atomic mass is 16.5. The van der Waals surface area contributed by atoms with E-state index in [9.17, 15) is 4.79 Å². The zero-order valence-corrected chi connectivity index (χ0v) is 10.1. The molecule has 2 atom stereocenters. The minimum atomic E-state index is -0.614. The third-order valence-corrected chi connectivity index (χ3v) is 2.24. The number of rotatable bonds is 6. The summed E-state index contributed by atoms with van der Waals surface area (Å²) in [6, 6.07) is 4.91. The minimum absolute atomic E-state index is 0.100. The summed E-state index contributed by atoms with van der Waals surface area (Å²) in [6.07, 6.45) is 5.84. The van der Waals surface area contributed by atoms with E-state index in [1.54, 1.807) is 18.5 Å². The van der Waals surface area contributed by atoms with Crippen LogP contribution in [0.25, 0.3) is 0 Å². The average Bonchev–Trinajstić information content (AvgIpc) is 2.34. The molecular weight excluding hydrogens is 216 g/mol. The quantitative estimate of drug-likeness (QED) is 0.600. The first kappa shape index (κ1) is 13.4. The van der Waals surface area contributed by atoms with Crippen LogP contribution in [0.3, 0.4) is 0 Å². The van der Waals surface area contributed by atoms with Crippen LogP contribution < -0.4 is 5.73 Å². The number of aldehydes is 1. The van der Waals surface area contributed by atoms with Crippen LogP contribution in [-0.2, 0) is 9.53 Å². The average molecular weight is 234 g/mol. The van der Waals surface area contributed by atoms with Gasteiger partial charge in [0.2, 0.25) is 0 Å². The fourth-order valence-corrected chi connectivity index (χ4v) is 1.37. The Morgan fingerprint density at radius 2 is 2.18 bits per heavy atom. The predicted octanol–water partition coefficient (Wildman–Crippen LogP) is 1.63. The van der Waals surface area contributed by atoms with Gasteiger partial charge in [0.15, 0.2) is 0 Å². The number of nitrogens with two attached hydrogens (primary N) is 1. The second kappa shape index (κ2) is 6.81. The number of pyridine rings is 1. The van der Waals surface area contributed by atoms with Crippen molar-refractivity contribution < 1.29 is 9.53 Å². The van der Waals surface area contributed by atoms with Gasteiger partial charge in [0.1, 0.15) is 6.29 Å². The minimum Gasteiger partial charge on any atom is -0.499 e. The molecule has 0 amide bonds. The summed E-state index contributed by atoms with van der Waals surface area (Å²) in [6.45, 7) is 3.86. The van der Waals surface area contributed by atoms with Gasteiger partial charge in [-0.25, -0.2) is 0 Å². The molecule has 1 heterocycles. The van der Waals surface area contributed by atoms with E-state index >= 15 is 0 Å². The van der Waals surface area contributed by atoms with E-state index in [0.29, 0.717) is 0 Å². The van der Waals surface area contributed by atoms with Crippen molar-refractivity contribution in [1.29, 1.82) is 0 Å². The zero-order chi connectivity index (χ0) is 12.7. The van der Waals surface area contributed by atoms with E-state index in [1.807, 2.05) is 32.0 Å². The van der Waals surface area contributed by atoms with Crippen molar-refractivity contribution in [1.82, 2.24) is 4.98 Å². The molecule has 0 aliphatic rings. The predicted molar refractivity (Wildman–Crippen MR) is 66.4 cm³/mol. The summed E-state index contributed by atoms with van der Waals surface area (Å²) in [7, 11) is 0. The van der Waals surface area contributed by atoms with Gasteiger partial charge in [-0.3, -0.25) is 4.98 Å². The molecule has 0 aliphatic heterocycles. The standard InChI is InChI=1S/C13H18N2O2/c1-10(2)17-8-6-11(12(14)9-16)13-5-3-4-7-15-13/h3-12H,14H2,1-2H3. The Kier molecular flexibility index (Phi) is 5.36. The van der Waals surface area contributed by atoms with E-state index in [4.69, 9.17) is 10.5 Å². The molecule has 0 spiro atoms. The second-order valence-electron chi connectivity index (χ2n) is 4.01.